The van der Waals surface area contributed by atoms with E-state index in [0.29, 0.717) is 0 Å². The number of halogens is 12. The van der Waals surface area contributed by atoms with Crippen LogP contribution in [0.5, 0.6) is 0 Å². The van der Waals surface area contributed by atoms with Gasteiger partial charge in [0.05, 0.1) is 27.8 Å². The number of hydrogen-bond acceptors (Lipinski definition) is 4. The van der Waals surface area contributed by atoms with E-state index in [4.69, 9.17) is 16.9 Å². The van der Waals surface area contributed by atoms with Crippen LogP contribution in [0.15, 0.2) is 16.7 Å². The summed E-state index contributed by atoms with van der Waals surface area (Å²) in [5.41, 5.74) is -17.7. The van der Waals surface area contributed by atoms with Crippen LogP contribution in [-0.2, 0) is 0 Å². The minimum absolute atomic E-state index is 0.00874. The summed E-state index contributed by atoms with van der Waals surface area (Å²) in [4.78, 5) is 0. The number of rotatable bonds is 3. The zero-order valence-corrected chi connectivity index (χ0v) is 21.5. The number of hydrogen-bond donors (Lipinski definition) is 0. The summed E-state index contributed by atoms with van der Waals surface area (Å²) < 4.78 is 176. The molecule has 0 atom stereocenters. The van der Waals surface area contributed by atoms with Gasteiger partial charge in [-0.15, -0.1) is 6.42 Å². The van der Waals surface area contributed by atoms with Gasteiger partial charge in [0.25, 0.3) is 0 Å². The van der Waals surface area contributed by atoms with Crippen LogP contribution in [-0.4, -0.2) is 0 Å². The minimum atomic E-state index is -2.44. The molecule has 0 unspecified atom stereocenters. The number of nitrogens with zero attached hydrogens (tertiary/aromatic N) is 4. The molecule has 3 aromatic carbocycles. The molecule has 1 fully saturated rings. The molecule has 0 amide bonds. The van der Waals surface area contributed by atoms with Gasteiger partial charge in [-0.25, -0.2) is 52.7 Å². The Labute approximate surface area is 247 Å². The predicted octanol–water partition coefficient (Wildman–Crippen LogP) is 7.43. The highest BCUT2D eigenvalue weighted by atomic mass is 19.2. The lowest BCUT2D eigenvalue weighted by atomic mass is 9.99. The maximum Gasteiger partial charge on any atom is 0.180 e. The molecule has 0 spiro atoms. The number of benzene rings is 3. The molecular formula is C30H2F12N4. The SMILES string of the molecule is C#Cc1c(F)c(F)c(C=C2C(=C(C#N)c3c(F)c(F)c(C#N)c(F)c3F)C2=C(C#N)c2c(F)c(F)c(C#N)c(F)c2F)c(F)c1F. The third-order valence-corrected chi connectivity index (χ3v) is 6.43. The third-order valence-electron chi connectivity index (χ3n) is 6.43. The molecule has 0 radical (unpaired) electrons. The highest BCUT2D eigenvalue weighted by Crippen LogP contribution is 2.55. The second-order valence-electron chi connectivity index (χ2n) is 8.71. The fraction of sp³-hybridized carbons (Fsp3) is 0. The van der Waals surface area contributed by atoms with Crippen molar-refractivity contribution in [2.45, 2.75) is 0 Å². The summed E-state index contributed by atoms with van der Waals surface area (Å²) in [6.45, 7) is 0. The first-order valence-electron chi connectivity index (χ1n) is 11.5. The van der Waals surface area contributed by atoms with Gasteiger partial charge in [0.2, 0.25) is 0 Å². The van der Waals surface area contributed by atoms with Gasteiger partial charge >= 0.3 is 0 Å². The van der Waals surface area contributed by atoms with Crippen molar-refractivity contribution < 1.29 is 52.7 Å². The van der Waals surface area contributed by atoms with Gasteiger partial charge in [0.1, 0.15) is 41.0 Å². The minimum Gasteiger partial charge on any atom is -0.203 e. The van der Waals surface area contributed by atoms with Crippen LogP contribution < -0.4 is 0 Å². The van der Waals surface area contributed by atoms with Crippen molar-refractivity contribution in [3.63, 3.8) is 0 Å². The van der Waals surface area contributed by atoms with E-state index in [1.807, 2.05) is 0 Å². The molecule has 1 aliphatic rings. The predicted molar refractivity (Wildman–Crippen MR) is 129 cm³/mol. The molecule has 0 heterocycles. The van der Waals surface area contributed by atoms with E-state index < -0.39 is 131 Å². The van der Waals surface area contributed by atoms with Gasteiger partial charge < -0.3 is 0 Å². The van der Waals surface area contributed by atoms with Gasteiger partial charge in [-0.05, 0) is 11.6 Å². The molecule has 0 aliphatic heterocycles. The topological polar surface area (TPSA) is 95.2 Å². The van der Waals surface area contributed by atoms with E-state index >= 15 is 0 Å². The average molecular weight is 646 g/mol. The Hall–Kier alpha value is -6.44. The van der Waals surface area contributed by atoms with Crippen molar-refractivity contribution in [3.05, 3.63) is 120 Å². The van der Waals surface area contributed by atoms with Crippen molar-refractivity contribution in [1.82, 2.24) is 0 Å². The molecule has 4 rings (SSSR count). The lowest BCUT2D eigenvalue weighted by molar-refractivity contribution is 0.446. The molecule has 16 heteroatoms. The van der Waals surface area contributed by atoms with E-state index in [-0.39, 0.29) is 6.08 Å². The Bertz CT molecular complexity index is 2080. The maximum atomic E-state index is 14.9. The van der Waals surface area contributed by atoms with Crippen LogP contribution in [0.3, 0.4) is 0 Å². The molecule has 4 nitrogen and oxygen atoms in total. The molecule has 46 heavy (non-hydrogen) atoms. The number of terminal acetylenes is 1. The number of allylic oxidation sites excluding steroid dienone is 5. The monoisotopic (exact) mass is 646 g/mol. The van der Waals surface area contributed by atoms with E-state index in [0.717, 1.165) is 24.3 Å². The van der Waals surface area contributed by atoms with E-state index in [1.165, 1.54) is 5.92 Å². The summed E-state index contributed by atoms with van der Waals surface area (Å²) >= 11 is 0. The zero-order valence-electron chi connectivity index (χ0n) is 21.5. The van der Waals surface area contributed by atoms with Gasteiger partial charge in [0.15, 0.2) is 69.8 Å². The normalized spacial score (nSPS) is 14.0. The molecular weight excluding hydrogens is 644 g/mol. The largest absolute Gasteiger partial charge is 0.203 e. The second kappa shape index (κ2) is 11.6. The van der Waals surface area contributed by atoms with Gasteiger partial charge in [-0.2, -0.15) is 21.0 Å². The fourth-order valence-electron chi connectivity index (χ4n) is 4.28. The first kappa shape index (κ1) is 32.5. The summed E-state index contributed by atoms with van der Waals surface area (Å²) in [5, 5.41) is 37.1. The Morgan fingerprint density at radius 3 is 1.02 bits per heavy atom. The zero-order chi connectivity index (χ0) is 34.5. The quantitative estimate of drug-likeness (QED) is 0.128. The lowest BCUT2D eigenvalue weighted by Gasteiger charge is -2.08. The first-order chi connectivity index (χ1) is 21.7. The van der Waals surface area contributed by atoms with Crippen molar-refractivity contribution in [3.8, 4) is 36.6 Å². The van der Waals surface area contributed by atoms with Gasteiger partial charge in [0, 0.05) is 11.1 Å². The second-order valence-corrected chi connectivity index (χ2v) is 8.71. The highest BCUT2D eigenvalue weighted by molar-refractivity contribution is 6.08. The molecule has 0 bridgehead atoms. The molecule has 226 valence electrons. The molecule has 1 aliphatic carbocycles. The third kappa shape index (κ3) is 4.51. The Kier molecular flexibility index (Phi) is 8.17. The highest BCUT2D eigenvalue weighted by Gasteiger charge is 2.43. The molecule has 0 saturated heterocycles. The van der Waals surface area contributed by atoms with E-state index in [2.05, 4.69) is 0 Å². The summed E-state index contributed by atoms with van der Waals surface area (Å²) in [6.07, 6.45) is 4.83. The lowest BCUT2D eigenvalue weighted by Crippen LogP contribution is -2.06. The van der Waals surface area contributed by atoms with Crippen LogP contribution in [0, 0.1) is 127 Å². The number of nitriles is 4. The first-order valence-corrected chi connectivity index (χ1v) is 11.5. The summed E-state index contributed by atoms with van der Waals surface area (Å²) in [5.74, 6) is -26.8. The van der Waals surface area contributed by atoms with Crippen molar-refractivity contribution in [2.24, 2.45) is 0 Å². The molecule has 0 aromatic heterocycles. The smallest absolute Gasteiger partial charge is 0.180 e. The maximum absolute atomic E-state index is 14.9. The van der Waals surface area contributed by atoms with Crippen LogP contribution in [0.2, 0.25) is 0 Å². The van der Waals surface area contributed by atoms with Gasteiger partial charge in [-0.1, -0.05) is 5.92 Å². The Balaban J connectivity index is 2.27. The fourth-order valence-corrected chi connectivity index (χ4v) is 4.28. The average Bonchev–Trinajstić information content (AvgIpc) is 3.73. The van der Waals surface area contributed by atoms with Crippen LogP contribution in [0.25, 0.3) is 17.2 Å². The standard InChI is InChI=1S/C30H2F12N4/c1-2-8-19(31)21(33)10(22(34)20(8)32)3-9-15(11(4-43)17-27(39)23(35)13(6-45)24(36)28(17)40)16(9)12(5-44)18-29(41)25(37)14(7-46)26(38)30(18)42/h1,3H. The van der Waals surface area contributed by atoms with Crippen LogP contribution >= 0.6 is 0 Å². The molecule has 3 aromatic rings. The van der Waals surface area contributed by atoms with E-state index in [1.54, 1.807) is 0 Å². The Morgan fingerprint density at radius 1 is 0.457 bits per heavy atom. The summed E-state index contributed by atoms with van der Waals surface area (Å²) in [6, 6.07) is 3.66. The molecule has 0 N–H and O–H groups in total. The van der Waals surface area contributed by atoms with Crippen molar-refractivity contribution >= 4 is 17.2 Å². The molecule has 1 saturated carbocycles. The van der Waals surface area contributed by atoms with E-state index in [9.17, 15) is 63.2 Å². The van der Waals surface area contributed by atoms with Crippen LogP contribution in [0.4, 0.5) is 52.7 Å². The van der Waals surface area contributed by atoms with Crippen molar-refractivity contribution in [1.29, 1.82) is 21.0 Å². The van der Waals surface area contributed by atoms with Crippen LogP contribution in [0.1, 0.15) is 33.4 Å². The van der Waals surface area contributed by atoms with Crippen molar-refractivity contribution in [2.75, 3.05) is 0 Å². The van der Waals surface area contributed by atoms with Gasteiger partial charge in [-0.3, -0.25) is 0 Å². The summed E-state index contributed by atoms with van der Waals surface area (Å²) in [7, 11) is 0. The Morgan fingerprint density at radius 2 is 0.761 bits per heavy atom.